The van der Waals surface area contributed by atoms with Gasteiger partial charge in [-0.05, 0) is 67.6 Å². The number of nitrogens with one attached hydrogen (secondary N) is 2. The molecule has 2 aromatic heterocycles. The summed E-state index contributed by atoms with van der Waals surface area (Å²) in [5.74, 6) is 0.333. The van der Waals surface area contributed by atoms with E-state index in [1.54, 1.807) is 18.6 Å². The molecule has 8 nitrogen and oxygen atoms in total. The Labute approximate surface area is 253 Å². The quantitative estimate of drug-likeness (QED) is 0.349. The van der Waals surface area contributed by atoms with E-state index in [4.69, 9.17) is 0 Å². The summed E-state index contributed by atoms with van der Waals surface area (Å²) in [5.41, 5.74) is 6.08. The van der Waals surface area contributed by atoms with Crippen LogP contribution >= 0.6 is 0 Å². The van der Waals surface area contributed by atoms with Crippen molar-refractivity contribution in [3.8, 4) is 11.3 Å². The zero-order valence-corrected chi connectivity index (χ0v) is 21.2. The average molecular weight is 536 g/mol. The van der Waals surface area contributed by atoms with Crippen LogP contribution in [0, 0.1) is 6.92 Å². The Morgan fingerprint density at radius 3 is 2.50 bits per heavy atom. The molecule has 1 aliphatic heterocycles. The summed E-state index contributed by atoms with van der Waals surface area (Å²) in [4.78, 5) is 30.9. The number of piperazine rings is 1. The first kappa shape index (κ1) is 28.1. The van der Waals surface area contributed by atoms with E-state index in [2.05, 4.69) is 42.4 Å². The van der Waals surface area contributed by atoms with Gasteiger partial charge in [-0.25, -0.2) is 9.97 Å². The Hall–Kier alpha value is -2.88. The average Bonchev–Trinajstić information content (AvgIpc) is 2.93. The van der Waals surface area contributed by atoms with Gasteiger partial charge in [-0.3, -0.25) is 14.7 Å². The molecule has 0 spiro atoms. The minimum atomic E-state index is -0.143. The van der Waals surface area contributed by atoms with Gasteiger partial charge in [0, 0.05) is 73.8 Å². The number of likely N-dealkylation sites (N-methyl/N-ethyl adjacent to an activating group) is 1. The number of rotatable bonds is 7. The molecule has 2 N–H and O–H groups in total. The molecule has 0 atom stereocenters. The molecule has 0 aliphatic carbocycles. The van der Waals surface area contributed by atoms with E-state index in [0.29, 0.717) is 17.2 Å². The maximum absolute atomic E-state index is 12.9. The van der Waals surface area contributed by atoms with E-state index in [1.807, 2.05) is 67.6 Å². The predicted molar refractivity (Wildman–Crippen MR) is 155 cm³/mol. The summed E-state index contributed by atoms with van der Waals surface area (Å²) in [7, 11) is 2.16. The number of amides is 1. The van der Waals surface area contributed by atoms with Gasteiger partial charge < -0.3 is 15.5 Å². The van der Waals surface area contributed by atoms with E-state index in [0.717, 1.165) is 55.2 Å². The number of aryl methyl sites for hydroxylation is 1. The predicted octanol–water partition coefficient (Wildman–Crippen LogP) is 3.67. The monoisotopic (exact) mass is 535 g/mol. The fourth-order valence-electron chi connectivity index (χ4n) is 4.28. The molecule has 0 unspecified atom stereocenters. The minimum absolute atomic E-state index is 0. The Morgan fingerprint density at radius 1 is 0.974 bits per heavy atom. The van der Waals surface area contributed by atoms with E-state index >= 15 is 0 Å². The maximum atomic E-state index is 12.9. The molecular formula is C29H33CaN7O. The van der Waals surface area contributed by atoms with Gasteiger partial charge >= 0.3 is 37.7 Å². The van der Waals surface area contributed by atoms with Gasteiger partial charge in [0.1, 0.15) is 0 Å². The van der Waals surface area contributed by atoms with Crippen molar-refractivity contribution in [1.82, 2.24) is 24.8 Å². The Bertz CT molecular complexity index is 1360. The van der Waals surface area contributed by atoms with Crippen LogP contribution < -0.4 is 10.6 Å². The number of nitrogens with zero attached hydrogens (tertiary/aromatic N) is 5. The van der Waals surface area contributed by atoms with Crippen LogP contribution in [0.15, 0.2) is 79.3 Å². The van der Waals surface area contributed by atoms with Gasteiger partial charge in [-0.15, -0.1) is 0 Å². The van der Waals surface area contributed by atoms with Gasteiger partial charge in [0.25, 0.3) is 5.91 Å². The van der Waals surface area contributed by atoms with Gasteiger partial charge in [-0.1, -0.05) is 18.2 Å². The molecule has 0 radical (unpaired) electrons. The summed E-state index contributed by atoms with van der Waals surface area (Å²) in [6.07, 6.45) is 5.22. The van der Waals surface area contributed by atoms with Crippen molar-refractivity contribution in [3.63, 3.8) is 0 Å². The molecule has 0 bridgehead atoms. The SMILES string of the molecule is Cc1ccc(NC(=O)c2ccc(CN3CCN(C)CC3)cc2)cc1Nc1nccc(-c2cccnc2)n1.[CaH2]. The zero-order chi connectivity index (χ0) is 25.6. The standard InChI is InChI=1S/C29H31N7O.Ca.2H/c1-21-5-10-25(18-27(21)34-29-31-13-11-26(33-29)24-4-3-12-30-19-24)32-28(37)23-8-6-22(7-9-23)20-36-16-14-35(2)15-17-36;;;/h3-13,18-19H,14-17,20H2,1-2H3,(H,32,37)(H,31,33,34);;;. The molecule has 1 amide bonds. The van der Waals surface area contributed by atoms with Crippen molar-refractivity contribution in [3.05, 3.63) is 95.9 Å². The van der Waals surface area contributed by atoms with Crippen LogP contribution in [0.1, 0.15) is 21.5 Å². The van der Waals surface area contributed by atoms with Crippen molar-refractivity contribution < 1.29 is 4.79 Å². The molecule has 9 heteroatoms. The number of benzene rings is 2. The van der Waals surface area contributed by atoms with Crippen LogP contribution in [0.2, 0.25) is 0 Å². The normalized spacial score (nSPS) is 13.9. The number of hydrogen-bond acceptors (Lipinski definition) is 7. The summed E-state index contributed by atoms with van der Waals surface area (Å²) in [6.45, 7) is 7.24. The van der Waals surface area contributed by atoms with Crippen molar-refractivity contribution >= 4 is 61.0 Å². The van der Waals surface area contributed by atoms with Gasteiger partial charge in [0.2, 0.25) is 5.95 Å². The topological polar surface area (TPSA) is 86.3 Å². The molecule has 192 valence electrons. The van der Waals surface area contributed by atoms with Crippen LogP contribution in [0.3, 0.4) is 0 Å². The molecule has 2 aromatic carbocycles. The Morgan fingerprint density at radius 2 is 1.76 bits per heavy atom. The zero-order valence-electron chi connectivity index (χ0n) is 21.2. The number of pyridine rings is 1. The van der Waals surface area contributed by atoms with Crippen LogP contribution in [0.4, 0.5) is 17.3 Å². The van der Waals surface area contributed by atoms with Gasteiger partial charge in [0.05, 0.1) is 5.69 Å². The first-order valence-electron chi connectivity index (χ1n) is 12.5. The summed E-state index contributed by atoms with van der Waals surface area (Å²) >= 11 is 0. The van der Waals surface area contributed by atoms with Crippen LogP contribution in [0.5, 0.6) is 0 Å². The molecule has 1 fully saturated rings. The Balaban J connectivity index is 0.00000336. The second-order valence-electron chi connectivity index (χ2n) is 9.39. The summed E-state index contributed by atoms with van der Waals surface area (Å²) < 4.78 is 0. The third-order valence-corrected chi connectivity index (χ3v) is 6.57. The van der Waals surface area contributed by atoms with Crippen LogP contribution in [0.25, 0.3) is 11.3 Å². The number of anilines is 3. The molecule has 0 saturated carbocycles. The fourth-order valence-corrected chi connectivity index (χ4v) is 4.28. The van der Waals surface area contributed by atoms with Crippen molar-refractivity contribution in [2.75, 3.05) is 43.9 Å². The molecule has 3 heterocycles. The van der Waals surface area contributed by atoms with Crippen molar-refractivity contribution in [1.29, 1.82) is 0 Å². The first-order chi connectivity index (χ1) is 18.0. The van der Waals surface area contributed by atoms with Crippen molar-refractivity contribution in [2.45, 2.75) is 13.5 Å². The molecular weight excluding hydrogens is 502 g/mol. The first-order valence-corrected chi connectivity index (χ1v) is 12.5. The van der Waals surface area contributed by atoms with Crippen molar-refractivity contribution in [2.24, 2.45) is 0 Å². The van der Waals surface area contributed by atoms with Gasteiger partial charge in [-0.2, -0.15) is 0 Å². The van der Waals surface area contributed by atoms with E-state index < -0.39 is 0 Å². The fraction of sp³-hybridized carbons (Fsp3) is 0.241. The third-order valence-electron chi connectivity index (χ3n) is 6.57. The summed E-state index contributed by atoms with van der Waals surface area (Å²) in [6, 6.07) is 19.3. The molecule has 38 heavy (non-hydrogen) atoms. The third kappa shape index (κ3) is 7.36. The Kier molecular flexibility index (Phi) is 9.82. The second-order valence-corrected chi connectivity index (χ2v) is 9.39. The van der Waals surface area contributed by atoms with E-state index in [1.165, 1.54) is 5.56 Å². The second kappa shape index (κ2) is 13.3. The number of aromatic nitrogens is 3. The number of carbonyl (C=O) groups excluding carboxylic acids is 1. The van der Waals surface area contributed by atoms with E-state index in [9.17, 15) is 4.79 Å². The molecule has 5 rings (SSSR count). The van der Waals surface area contributed by atoms with Crippen LogP contribution in [-0.2, 0) is 6.54 Å². The number of hydrogen-bond donors (Lipinski definition) is 2. The molecule has 1 saturated heterocycles. The molecule has 4 aromatic rings. The summed E-state index contributed by atoms with van der Waals surface area (Å²) in [5, 5.41) is 6.29. The van der Waals surface area contributed by atoms with E-state index in [-0.39, 0.29) is 43.6 Å². The van der Waals surface area contributed by atoms with Crippen LogP contribution in [-0.4, -0.2) is 102 Å². The number of carbonyl (C=O) groups is 1. The molecule has 1 aliphatic rings. The van der Waals surface area contributed by atoms with Gasteiger partial charge in [0.15, 0.2) is 0 Å².